The van der Waals surface area contributed by atoms with Crippen molar-refractivity contribution < 1.29 is 12.9 Å². The molecule has 1 aromatic rings. The Morgan fingerprint density at radius 1 is 1.58 bits per heavy atom. The van der Waals surface area contributed by atoms with Crippen molar-refractivity contribution >= 4 is 10.2 Å². The summed E-state index contributed by atoms with van der Waals surface area (Å²) in [4.78, 5) is 0. The van der Waals surface area contributed by atoms with Gasteiger partial charge in [-0.05, 0) is 25.7 Å². The zero-order valence-electron chi connectivity index (χ0n) is 11.7. The summed E-state index contributed by atoms with van der Waals surface area (Å²) in [7, 11) is -1.82. The quantitative estimate of drug-likeness (QED) is 0.839. The predicted octanol–water partition coefficient (Wildman–Crippen LogP) is 1.39. The molecule has 0 amide bonds. The Morgan fingerprint density at radius 3 is 2.89 bits per heavy atom. The monoisotopic (exact) mass is 287 g/mol. The van der Waals surface area contributed by atoms with Crippen LogP contribution in [0.5, 0.6) is 0 Å². The van der Waals surface area contributed by atoms with Gasteiger partial charge in [0, 0.05) is 26.2 Å². The molecular formula is C12H21N3O3S. The Hall–Kier alpha value is -0.920. The molecule has 1 aliphatic heterocycles. The summed E-state index contributed by atoms with van der Waals surface area (Å²) in [6, 6.07) is 1.75. The Labute approximate surface area is 114 Å². The highest BCUT2D eigenvalue weighted by molar-refractivity contribution is 7.86. The molecule has 6 nitrogen and oxygen atoms in total. The van der Waals surface area contributed by atoms with Crippen LogP contribution < -0.4 is 0 Å². The maximum atomic E-state index is 12.4. The topological polar surface area (TPSA) is 66.7 Å². The van der Waals surface area contributed by atoms with E-state index < -0.39 is 10.2 Å². The van der Waals surface area contributed by atoms with Crippen molar-refractivity contribution in [2.24, 2.45) is 5.92 Å². The Morgan fingerprint density at radius 2 is 2.32 bits per heavy atom. The van der Waals surface area contributed by atoms with Gasteiger partial charge in [0.15, 0.2) is 0 Å². The second-order valence-corrected chi connectivity index (χ2v) is 7.33. The van der Waals surface area contributed by atoms with E-state index in [4.69, 9.17) is 4.52 Å². The first kappa shape index (κ1) is 14.5. The normalized spacial score (nSPS) is 22.0. The molecule has 0 aromatic carbocycles. The SMILES string of the molecule is Cc1cc(CN(C)S(=O)(=O)N2CCCC(C)C2)no1. The van der Waals surface area contributed by atoms with Crippen LogP contribution in [0.1, 0.15) is 31.2 Å². The van der Waals surface area contributed by atoms with Gasteiger partial charge in [-0.2, -0.15) is 17.0 Å². The molecule has 1 saturated heterocycles. The predicted molar refractivity (Wildman–Crippen MR) is 71.6 cm³/mol. The lowest BCUT2D eigenvalue weighted by Crippen LogP contribution is -2.46. The minimum absolute atomic E-state index is 0.241. The first-order chi connectivity index (χ1) is 8.89. The van der Waals surface area contributed by atoms with E-state index in [2.05, 4.69) is 12.1 Å². The third-order valence-electron chi connectivity index (χ3n) is 3.40. The van der Waals surface area contributed by atoms with Crippen LogP contribution in [0.25, 0.3) is 0 Å². The molecule has 1 unspecified atom stereocenters. The summed E-state index contributed by atoms with van der Waals surface area (Å²) in [5, 5.41) is 3.83. The molecule has 0 N–H and O–H groups in total. The van der Waals surface area contributed by atoms with Crippen molar-refractivity contribution in [1.29, 1.82) is 0 Å². The van der Waals surface area contributed by atoms with Gasteiger partial charge < -0.3 is 4.52 Å². The maximum Gasteiger partial charge on any atom is 0.282 e. The van der Waals surface area contributed by atoms with E-state index in [1.165, 1.54) is 4.31 Å². The number of aromatic nitrogens is 1. The summed E-state index contributed by atoms with van der Waals surface area (Å²) in [6.07, 6.45) is 2.02. The number of aryl methyl sites for hydroxylation is 1. The van der Waals surface area contributed by atoms with Crippen molar-refractivity contribution in [2.45, 2.75) is 33.2 Å². The summed E-state index contributed by atoms with van der Waals surface area (Å²) >= 11 is 0. The van der Waals surface area contributed by atoms with Crippen LogP contribution in [0.3, 0.4) is 0 Å². The molecule has 0 saturated carbocycles. The standard InChI is InChI=1S/C12H21N3O3S/c1-10-5-4-6-15(8-10)19(16,17)14(3)9-12-7-11(2)18-13-12/h7,10H,4-6,8-9H2,1-3H3. The molecule has 0 bridgehead atoms. The highest BCUT2D eigenvalue weighted by Crippen LogP contribution is 2.20. The van der Waals surface area contributed by atoms with Crippen molar-refractivity contribution in [1.82, 2.24) is 13.8 Å². The van der Waals surface area contributed by atoms with E-state index in [1.54, 1.807) is 24.3 Å². The average Bonchev–Trinajstić information content (AvgIpc) is 2.74. The van der Waals surface area contributed by atoms with Crippen LogP contribution in [0.4, 0.5) is 0 Å². The third-order valence-corrected chi connectivity index (χ3v) is 5.30. The van der Waals surface area contributed by atoms with Gasteiger partial charge in [0.2, 0.25) is 0 Å². The van der Waals surface area contributed by atoms with E-state index in [-0.39, 0.29) is 6.54 Å². The van der Waals surface area contributed by atoms with Crippen LogP contribution in [-0.4, -0.2) is 42.3 Å². The molecule has 1 atom stereocenters. The number of nitrogens with zero attached hydrogens (tertiary/aromatic N) is 3. The third kappa shape index (κ3) is 3.34. The molecule has 0 aliphatic carbocycles. The van der Waals surface area contributed by atoms with Gasteiger partial charge in [0.25, 0.3) is 10.2 Å². The smallest absolute Gasteiger partial charge is 0.282 e. The Bertz CT molecular complexity index is 526. The number of rotatable bonds is 4. The maximum absolute atomic E-state index is 12.4. The van der Waals surface area contributed by atoms with E-state index in [0.29, 0.717) is 30.5 Å². The lowest BCUT2D eigenvalue weighted by atomic mass is 10.0. The molecule has 1 aromatic heterocycles. The van der Waals surface area contributed by atoms with Crippen LogP contribution in [0, 0.1) is 12.8 Å². The lowest BCUT2D eigenvalue weighted by Gasteiger charge is -2.32. The van der Waals surface area contributed by atoms with Crippen LogP contribution in [-0.2, 0) is 16.8 Å². The molecule has 7 heteroatoms. The van der Waals surface area contributed by atoms with E-state index >= 15 is 0 Å². The van der Waals surface area contributed by atoms with Gasteiger partial charge >= 0.3 is 0 Å². The molecule has 2 heterocycles. The van der Waals surface area contributed by atoms with Gasteiger partial charge in [-0.15, -0.1) is 0 Å². The fourth-order valence-electron chi connectivity index (χ4n) is 2.36. The van der Waals surface area contributed by atoms with Crippen LogP contribution >= 0.6 is 0 Å². The Balaban J connectivity index is 2.06. The first-order valence-corrected chi connectivity index (χ1v) is 7.93. The number of hydrogen-bond donors (Lipinski definition) is 0. The summed E-state index contributed by atoms with van der Waals surface area (Å²) in [5.41, 5.74) is 0.633. The van der Waals surface area contributed by atoms with Crippen LogP contribution in [0.15, 0.2) is 10.6 Å². The van der Waals surface area contributed by atoms with Crippen LogP contribution in [0.2, 0.25) is 0 Å². The molecule has 1 aliphatic rings. The fraction of sp³-hybridized carbons (Fsp3) is 0.750. The minimum Gasteiger partial charge on any atom is -0.361 e. The van der Waals surface area contributed by atoms with E-state index in [1.807, 2.05) is 0 Å². The molecule has 108 valence electrons. The average molecular weight is 287 g/mol. The zero-order valence-corrected chi connectivity index (χ0v) is 12.5. The molecule has 19 heavy (non-hydrogen) atoms. The van der Waals surface area contributed by atoms with Gasteiger partial charge in [0.1, 0.15) is 5.76 Å². The second kappa shape index (κ2) is 5.60. The van der Waals surface area contributed by atoms with Gasteiger partial charge in [-0.1, -0.05) is 12.1 Å². The fourth-order valence-corrected chi connectivity index (χ4v) is 3.85. The number of hydrogen-bond acceptors (Lipinski definition) is 4. The highest BCUT2D eigenvalue weighted by Gasteiger charge is 2.30. The zero-order chi connectivity index (χ0) is 14.0. The summed E-state index contributed by atoms with van der Waals surface area (Å²) < 4.78 is 32.7. The highest BCUT2D eigenvalue weighted by atomic mass is 32.2. The van der Waals surface area contributed by atoms with E-state index in [9.17, 15) is 8.42 Å². The van der Waals surface area contributed by atoms with Crippen molar-refractivity contribution in [3.8, 4) is 0 Å². The van der Waals surface area contributed by atoms with Gasteiger partial charge in [-0.3, -0.25) is 0 Å². The van der Waals surface area contributed by atoms with Gasteiger partial charge in [-0.25, -0.2) is 0 Å². The van der Waals surface area contributed by atoms with Crippen molar-refractivity contribution in [2.75, 3.05) is 20.1 Å². The minimum atomic E-state index is -3.40. The molecule has 1 fully saturated rings. The molecule has 0 radical (unpaired) electrons. The van der Waals surface area contributed by atoms with Gasteiger partial charge in [0.05, 0.1) is 12.2 Å². The second-order valence-electron chi connectivity index (χ2n) is 5.30. The number of piperidine rings is 1. The Kier molecular flexibility index (Phi) is 4.27. The van der Waals surface area contributed by atoms with Crippen molar-refractivity contribution in [3.63, 3.8) is 0 Å². The first-order valence-electron chi connectivity index (χ1n) is 6.53. The summed E-state index contributed by atoms with van der Waals surface area (Å²) in [6.45, 7) is 5.32. The van der Waals surface area contributed by atoms with E-state index in [0.717, 1.165) is 12.8 Å². The largest absolute Gasteiger partial charge is 0.361 e. The lowest BCUT2D eigenvalue weighted by molar-refractivity contribution is 0.262. The molecule has 2 rings (SSSR count). The summed E-state index contributed by atoms with van der Waals surface area (Å²) in [5.74, 6) is 1.11. The molecule has 0 spiro atoms. The molecular weight excluding hydrogens is 266 g/mol. The van der Waals surface area contributed by atoms with Crippen molar-refractivity contribution in [3.05, 3.63) is 17.5 Å².